The summed E-state index contributed by atoms with van der Waals surface area (Å²) in [6.07, 6.45) is 2.32. The molecule has 4 rings (SSSR count). The first-order valence-corrected chi connectivity index (χ1v) is 9.23. The van der Waals surface area contributed by atoms with E-state index in [-0.39, 0.29) is 17.8 Å². The zero-order valence-corrected chi connectivity index (χ0v) is 16.0. The van der Waals surface area contributed by atoms with E-state index < -0.39 is 11.4 Å². The Morgan fingerprint density at radius 1 is 1.25 bits per heavy atom. The highest BCUT2D eigenvalue weighted by molar-refractivity contribution is 6.01. The monoisotopic (exact) mass is 379 g/mol. The number of hydrogen-bond donors (Lipinski definition) is 2. The van der Waals surface area contributed by atoms with Gasteiger partial charge in [-0.3, -0.25) is 4.98 Å². The van der Waals surface area contributed by atoms with Gasteiger partial charge in [0.1, 0.15) is 5.60 Å². The molecule has 0 unspecified atom stereocenters. The lowest BCUT2D eigenvalue weighted by molar-refractivity contribution is 0.0630. The number of halogens is 1. The van der Waals surface area contributed by atoms with E-state index in [0.717, 1.165) is 16.5 Å². The van der Waals surface area contributed by atoms with Crippen molar-refractivity contribution in [2.24, 2.45) is 0 Å². The highest BCUT2D eigenvalue weighted by atomic mass is 19.1. The molecule has 0 spiro atoms. The number of ether oxygens (including phenoxy) is 1. The molecule has 3 aromatic rings. The molecule has 1 aliphatic heterocycles. The molecular formula is C22H22FN3O2. The van der Waals surface area contributed by atoms with Crippen LogP contribution in [-0.4, -0.2) is 16.6 Å². The minimum atomic E-state index is -0.588. The Balaban J connectivity index is 1.60. The second-order valence-corrected chi connectivity index (χ2v) is 7.73. The Morgan fingerprint density at radius 2 is 2.04 bits per heavy atom. The quantitative estimate of drug-likeness (QED) is 0.651. The molecule has 144 valence electrons. The number of carbonyl (C=O) groups excluding carboxylic acids is 1. The van der Waals surface area contributed by atoms with Crippen LogP contribution in [0.25, 0.3) is 10.8 Å². The van der Waals surface area contributed by atoms with E-state index in [1.807, 2.05) is 45.0 Å². The molecule has 0 bridgehead atoms. The van der Waals surface area contributed by atoms with Crippen molar-refractivity contribution >= 4 is 22.5 Å². The van der Waals surface area contributed by atoms with Gasteiger partial charge in [-0.15, -0.1) is 0 Å². The number of anilines is 1. The van der Waals surface area contributed by atoms with Crippen molar-refractivity contribution < 1.29 is 13.9 Å². The van der Waals surface area contributed by atoms with Crippen LogP contribution in [0.3, 0.4) is 0 Å². The van der Waals surface area contributed by atoms with Crippen LogP contribution in [0.5, 0.6) is 5.75 Å². The van der Waals surface area contributed by atoms with E-state index in [1.165, 1.54) is 6.07 Å². The number of urea groups is 1. The van der Waals surface area contributed by atoms with Crippen molar-refractivity contribution in [2.75, 3.05) is 5.32 Å². The molecule has 0 saturated heterocycles. The predicted molar refractivity (Wildman–Crippen MR) is 107 cm³/mol. The maximum atomic E-state index is 14.2. The molecule has 2 heterocycles. The number of pyridine rings is 1. The minimum absolute atomic E-state index is 0.205. The van der Waals surface area contributed by atoms with Crippen molar-refractivity contribution in [2.45, 2.75) is 38.8 Å². The first-order chi connectivity index (χ1) is 13.3. The zero-order chi connectivity index (χ0) is 19.9. The number of rotatable bonds is 2. The number of aromatic nitrogens is 1. The fourth-order valence-electron chi connectivity index (χ4n) is 3.66. The standard InChI is InChI=1S/C22H22FN3O2/c1-13-10-16-14(12-24-13)6-4-9-18(16)25-21(27)26-19-11-22(2,3)28-20-15(19)7-5-8-17(20)23/h4-10,12,19H,11H2,1-3H3,(H2,25,26,27)/t19-/m1/s1. The average molecular weight is 379 g/mol. The van der Waals surface area contributed by atoms with E-state index in [9.17, 15) is 9.18 Å². The van der Waals surface area contributed by atoms with Gasteiger partial charge in [-0.25, -0.2) is 9.18 Å². The largest absolute Gasteiger partial charge is 0.484 e. The predicted octanol–water partition coefficient (Wildman–Crippen LogP) is 5.11. The van der Waals surface area contributed by atoms with Gasteiger partial charge < -0.3 is 15.4 Å². The number of carbonyl (C=O) groups is 1. The maximum Gasteiger partial charge on any atom is 0.319 e. The summed E-state index contributed by atoms with van der Waals surface area (Å²) in [5.41, 5.74) is 1.63. The van der Waals surface area contributed by atoms with Gasteiger partial charge in [-0.05, 0) is 39.0 Å². The van der Waals surface area contributed by atoms with Gasteiger partial charge in [0.2, 0.25) is 0 Å². The van der Waals surface area contributed by atoms with Crippen molar-refractivity contribution in [3.63, 3.8) is 0 Å². The lowest BCUT2D eigenvalue weighted by Crippen LogP contribution is -2.42. The third-order valence-corrected chi connectivity index (χ3v) is 4.90. The fourth-order valence-corrected chi connectivity index (χ4v) is 3.66. The molecule has 1 aliphatic rings. The van der Waals surface area contributed by atoms with E-state index in [1.54, 1.807) is 18.3 Å². The van der Waals surface area contributed by atoms with Gasteiger partial charge in [-0.1, -0.05) is 24.3 Å². The highest BCUT2D eigenvalue weighted by Crippen LogP contribution is 2.40. The van der Waals surface area contributed by atoms with Crippen LogP contribution < -0.4 is 15.4 Å². The third kappa shape index (κ3) is 3.50. The summed E-state index contributed by atoms with van der Waals surface area (Å²) in [5, 5.41) is 7.76. The molecule has 2 aromatic carbocycles. The third-order valence-electron chi connectivity index (χ3n) is 4.90. The number of para-hydroxylation sites is 1. The summed E-state index contributed by atoms with van der Waals surface area (Å²) in [4.78, 5) is 17.0. The number of nitrogens with zero attached hydrogens (tertiary/aromatic N) is 1. The van der Waals surface area contributed by atoms with Crippen molar-refractivity contribution in [1.82, 2.24) is 10.3 Å². The zero-order valence-electron chi connectivity index (χ0n) is 16.0. The SMILES string of the molecule is Cc1cc2c(NC(=O)N[C@@H]3CC(C)(C)Oc4c(F)cccc43)cccc2cn1. The van der Waals surface area contributed by atoms with Crippen LogP contribution >= 0.6 is 0 Å². The molecule has 28 heavy (non-hydrogen) atoms. The van der Waals surface area contributed by atoms with Crippen molar-refractivity contribution in [3.8, 4) is 5.75 Å². The van der Waals surface area contributed by atoms with Crippen LogP contribution in [0.4, 0.5) is 14.9 Å². The Labute approximate surface area is 162 Å². The topological polar surface area (TPSA) is 63.2 Å². The van der Waals surface area contributed by atoms with Gasteiger partial charge in [0.05, 0.1) is 11.7 Å². The Hall–Kier alpha value is -3.15. The number of amides is 2. The van der Waals surface area contributed by atoms with E-state index in [0.29, 0.717) is 17.7 Å². The molecule has 2 N–H and O–H groups in total. The normalized spacial score (nSPS) is 17.5. The van der Waals surface area contributed by atoms with E-state index in [4.69, 9.17) is 4.74 Å². The first-order valence-electron chi connectivity index (χ1n) is 9.23. The summed E-state index contributed by atoms with van der Waals surface area (Å²) < 4.78 is 20.0. The number of nitrogens with one attached hydrogen (secondary N) is 2. The van der Waals surface area contributed by atoms with E-state index in [2.05, 4.69) is 15.6 Å². The summed E-state index contributed by atoms with van der Waals surface area (Å²) in [6.45, 7) is 5.68. The summed E-state index contributed by atoms with van der Waals surface area (Å²) in [6, 6.07) is 11.7. The molecular weight excluding hydrogens is 357 g/mol. The van der Waals surface area contributed by atoms with Gasteiger partial charge in [0.25, 0.3) is 0 Å². The average Bonchev–Trinajstić information content (AvgIpc) is 2.62. The van der Waals surface area contributed by atoms with Gasteiger partial charge in [0.15, 0.2) is 11.6 Å². The summed E-state index contributed by atoms with van der Waals surface area (Å²) >= 11 is 0. The van der Waals surface area contributed by atoms with Crippen LogP contribution in [-0.2, 0) is 0 Å². The summed E-state index contributed by atoms with van der Waals surface area (Å²) in [5.74, 6) is -0.217. The highest BCUT2D eigenvalue weighted by Gasteiger charge is 2.36. The number of benzene rings is 2. The molecule has 0 fully saturated rings. The molecule has 0 aliphatic carbocycles. The molecule has 5 nitrogen and oxygen atoms in total. The van der Waals surface area contributed by atoms with Crippen molar-refractivity contribution in [1.29, 1.82) is 0 Å². The minimum Gasteiger partial charge on any atom is -0.484 e. The molecule has 1 aromatic heterocycles. The smallest absolute Gasteiger partial charge is 0.319 e. The molecule has 6 heteroatoms. The van der Waals surface area contributed by atoms with Crippen LogP contribution in [0, 0.1) is 12.7 Å². The maximum absolute atomic E-state index is 14.2. The fraction of sp³-hybridized carbons (Fsp3) is 0.273. The van der Waals surface area contributed by atoms with Gasteiger partial charge in [-0.2, -0.15) is 0 Å². The molecule has 2 amide bonds. The second-order valence-electron chi connectivity index (χ2n) is 7.73. The number of aryl methyl sites for hydroxylation is 1. The van der Waals surface area contributed by atoms with Crippen molar-refractivity contribution in [3.05, 3.63) is 65.7 Å². The van der Waals surface area contributed by atoms with Crippen LogP contribution in [0.1, 0.15) is 37.6 Å². The lowest BCUT2D eigenvalue weighted by atomic mass is 9.89. The van der Waals surface area contributed by atoms with Crippen LogP contribution in [0.2, 0.25) is 0 Å². The Morgan fingerprint density at radius 3 is 2.86 bits per heavy atom. The molecule has 0 saturated carbocycles. The second kappa shape index (κ2) is 6.78. The lowest BCUT2D eigenvalue weighted by Gasteiger charge is -2.37. The van der Waals surface area contributed by atoms with Gasteiger partial charge >= 0.3 is 6.03 Å². The Bertz CT molecular complexity index is 1060. The van der Waals surface area contributed by atoms with Gasteiger partial charge in [0, 0.05) is 34.6 Å². The Kier molecular flexibility index (Phi) is 4.41. The van der Waals surface area contributed by atoms with E-state index >= 15 is 0 Å². The summed E-state index contributed by atoms with van der Waals surface area (Å²) in [7, 11) is 0. The molecule has 0 radical (unpaired) electrons. The number of hydrogen-bond acceptors (Lipinski definition) is 3. The number of fused-ring (bicyclic) bond motifs is 2. The molecule has 1 atom stereocenters. The first kappa shape index (κ1) is 18.2. The van der Waals surface area contributed by atoms with Crippen LogP contribution in [0.15, 0.2) is 48.7 Å².